The molecule has 0 heterocycles. The van der Waals surface area contributed by atoms with Gasteiger partial charge in [0.05, 0.1) is 6.72 Å². The Bertz CT molecular complexity index is 65.9. The second-order valence-electron chi connectivity index (χ2n) is 0.964. The van der Waals surface area contributed by atoms with Crippen molar-refractivity contribution in [3.8, 4) is 0 Å². The van der Waals surface area contributed by atoms with E-state index in [9.17, 15) is 0 Å². The van der Waals surface area contributed by atoms with Gasteiger partial charge in [0.25, 0.3) is 0 Å². The fraction of sp³-hybridized carbons (Fsp3) is 0.500. The van der Waals surface area contributed by atoms with E-state index < -0.39 is 0 Å². The molecule has 0 aromatic heterocycles. The van der Waals surface area contributed by atoms with Gasteiger partial charge in [-0.25, -0.2) is 0 Å². The van der Waals surface area contributed by atoms with Crippen LogP contribution in [-0.4, -0.2) is 24.7 Å². The van der Waals surface area contributed by atoms with Gasteiger partial charge in [0, 0.05) is 0 Å². The average Bonchev–Trinajstić information content (AvgIpc) is 1.65. The molecule has 34 valence electrons. The van der Waals surface area contributed by atoms with Crippen LogP contribution in [0.25, 0.3) is 0 Å². The van der Waals surface area contributed by atoms with E-state index in [-0.39, 0.29) is 0 Å². The van der Waals surface area contributed by atoms with Crippen LogP contribution in [0.5, 0.6) is 0 Å². The lowest BCUT2D eigenvalue weighted by molar-refractivity contribution is -0.519. The summed E-state index contributed by atoms with van der Waals surface area (Å²) < 4.78 is 1.51. The molecule has 0 aromatic rings. The van der Waals surface area contributed by atoms with Gasteiger partial charge in [-0.05, 0) is 12.0 Å². The third-order valence-electron chi connectivity index (χ3n) is 0.565. The van der Waals surface area contributed by atoms with Crippen LogP contribution in [0.3, 0.4) is 0 Å². The zero-order valence-electron chi connectivity index (χ0n) is 4.02. The Morgan fingerprint density at radius 1 is 1.83 bits per heavy atom. The van der Waals surface area contributed by atoms with E-state index in [1.54, 1.807) is 0 Å². The lowest BCUT2D eigenvalue weighted by Crippen LogP contribution is -1.96. The van der Waals surface area contributed by atoms with E-state index in [0.717, 1.165) is 6.54 Å². The Balaban J connectivity index is 3.23. The van der Waals surface area contributed by atoms with Crippen molar-refractivity contribution in [3.63, 3.8) is 0 Å². The summed E-state index contributed by atoms with van der Waals surface area (Å²) in [4.78, 5) is 0. The highest BCUT2D eigenvalue weighted by molar-refractivity contribution is 5.22. The molecule has 0 aliphatic carbocycles. The Morgan fingerprint density at radius 2 is 2.33 bits per heavy atom. The molecule has 0 aliphatic rings. The standard InChI is InChI=1S/C4H9N2/c1-4-6(3)5-2/h2-4H2,1H3/q+1. The maximum absolute atomic E-state index is 3.48. The summed E-state index contributed by atoms with van der Waals surface area (Å²) in [6, 6.07) is 0. The largest absolute Gasteiger partial charge is 0.170 e. The minimum Gasteiger partial charge on any atom is -0.0991 e. The van der Waals surface area contributed by atoms with E-state index in [4.69, 9.17) is 0 Å². The van der Waals surface area contributed by atoms with Crippen molar-refractivity contribution in [1.29, 1.82) is 0 Å². The highest BCUT2D eigenvalue weighted by atomic mass is 15.3. The quantitative estimate of drug-likeness (QED) is 0.261. The molecular formula is C4H9N2+. The molecule has 0 aromatic carbocycles. The Kier molecular flexibility index (Phi) is 2.29. The number of rotatable bonds is 2. The average molecular weight is 85.1 g/mol. The lowest BCUT2D eigenvalue weighted by Gasteiger charge is -1.77. The molecule has 0 amide bonds. The lowest BCUT2D eigenvalue weighted by atomic mass is 10.8. The molecule has 0 atom stereocenters. The van der Waals surface area contributed by atoms with Crippen molar-refractivity contribution < 1.29 is 4.68 Å². The normalized spacial score (nSPS) is 7.50. The van der Waals surface area contributed by atoms with Gasteiger partial charge in [-0.2, -0.15) is 0 Å². The molecule has 0 fully saturated rings. The van der Waals surface area contributed by atoms with Crippen LogP contribution in [0.15, 0.2) is 5.10 Å². The second kappa shape index (κ2) is 2.57. The molecule has 2 nitrogen and oxygen atoms in total. The molecule has 0 radical (unpaired) electrons. The van der Waals surface area contributed by atoms with Crippen molar-refractivity contribution in [2.24, 2.45) is 5.10 Å². The van der Waals surface area contributed by atoms with E-state index >= 15 is 0 Å². The summed E-state index contributed by atoms with van der Waals surface area (Å²) in [5.41, 5.74) is 0. The Hall–Kier alpha value is -0.660. The number of hydrogen-bond donors (Lipinski definition) is 0. The zero-order valence-corrected chi connectivity index (χ0v) is 4.02. The highest BCUT2D eigenvalue weighted by Gasteiger charge is 1.80. The molecule has 0 N–H and O–H groups in total. The number of nitrogens with zero attached hydrogens (tertiary/aromatic N) is 2. The molecule has 0 unspecified atom stereocenters. The topological polar surface area (TPSA) is 15.4 Å². The van der Waals surface area contributed by atoms with Gasteiger partial charge in [-0.3, -0.25) is 0 Å². The van der Waals surface area contributed by atoms with Crippen LogP contribution in [0.1, 0.15) is 6.92 Å². The maximum Gasteiger partial charge on any atom is 0.170 e. The molecule has 0 rings (SSSR count). The van der Waals surface area contributed by atoms with E-state index in [2.05, 4.69) is 18.5 Å². The van der Waals surface area contributed by atoms with Gasteiger partial charge < -0.3 is 0 Å². The fourth-order valence-corrected chi connectivity index (χ4v) is 0.1000. The van der Waals surface area contributed by atoms with Gasteiger partial charge >= 0.3 is 0 Å². The summed E-state index contributed by atoms with van der Waals surface area (Å²) in [6.45, 7) is 9.51. The Morgan fingerprint density at radius 3 is 2.33 bits per heavy atom. The Labute approximate surface area is 37.8 Å². The minimum atomic E-state index is 0.823. The summed E-state index contributed by atoms with van der Waals surface area (Å²) in [5, 5.41) is 3.48. The summed E-state index contributed by atoms with van der Waals surface area (Å²) >= 11 is 0. The second-order valence-corrected chi connectivity index (χ2v) is 0.964. The molecule has 0 spiro atoms. The molecule has 0 bridgehead atoms. The maximum atomic E-state index is 3.48. The van der Waals surface area contributed by atoms with Crippen LogP contribution in [0, 0.1) is 0 Å². The van der Waals surface area contributed by atoms with Crippen molar-refractivity contribution >= 4 is 13.4 Å². The highest BCUT2D eigenvalue weighted by Crippen LogP contribution is 1.63. The molecule has 0 aliphatic heterocycles. The van der Waals surface area contributed by atoms with Crippen LogP contribution < -0.4 is 0 Å². The van der Waals surface area contributed by atoms with Gasteiger partial charge in [-0.1, -0.05) is 4.68 Å². The first-order chi connectivity index (χ1) is 2.81. The summed E-state index contributed by atoms with van der Waals surface area (Å²) in [7, 11) is 0. The first kappa shape index (κ1) is 5.34. The van der Waals surface area contributed by atoms with Gasteiger partial charge in [0.1, 0.15) is 0 Å². The SMILES string of the molecule is C=N[N+](=C)CC. The summed E-state index contributed by atoms with van der Waals surface area (Å²) in [6.07, 6.45) is 0. The molecule has 0 saturated carbocycles. The monoisotopic (exact) mass is 85.1 g/mol. The van der Waals surface area contributed by atoms with Crippen LogP contribution in [-0.2, 0) is 0 Å². The fourth-order valence-electron chi connectivity index (χ4n) is 0.1000. The van der Waals surface area contributed by atoms with E-state index in [0.29, 0.717) is 0 Å². The first-order valence-electron chi connectivity index (χ1n) is 1.86. The number of hydrogen-bond acceptors (Lipinski definition) is 1. The number of hydrazone groups is 1. The van der Waals surface area contributed by atoms with Gasteiger partial charge in [0.15, 0.2) is 13.3 Å². The van der Waals surface area contributed by atoms with Crippen LogP contribution in [0.2, 0.25) is 0 Å². The van der Waals surface area contributed by atoms with E-state index in [1.807, 2.05) is 6.92 Å². The third-order valence-corrected chi connectivity index (χ3v) is 0.565. The molecule has 0 saturated heterocycles. The molecular weight excluding hydrogens is 76.1 g/mol. The predicted octanol–water partition coefficient (Wildman–Crippen LogP) is 0.335. The first-order valence-corrected chi connectivity index (χ1v) is 1.86. The molecule has 6 heavy (non-hydrogen) atoms. The summed E-state index contributed by atoms with van der Waals surface area (Å²) in [5.74, 6) is 0. The third kappa shape index (κ3) is 1.64. The van der Waals surface area contributed by atoms with Gasteiger partial charge in [-0.15, -0.1) is 0 Å². The minimum absolute atomic E-state index is 0.823. The van der Waals surface area contributed by atoms with Crippen molar-refractivity contribution in [1.82, 2.24) is 0 Å². The van der Waals surface area contributed by atoms with Crippen molar-refractivity contribution in [2.45, 2.75) is 6.92 Å². The zero-order chi connectivity index (χ0) is 4.99. The van der Waals surface area contributed by atoms with E-state index in [1.165, 1.54) is 4.68 Å². The van der Waals surface area contributed by atoms with Crippen molar-refractivity contribution in [2.75, 3.05) is 6.54 Å². The van der Waals surface area contributed by atoms with Gasteiger partial charge in [0.2, 0.25) is 0 Å². The van der Waals surface area contributed by atoms with Crippen LogP contribution >= 0.6 is 0 Å². The predicted molar refractivity (Wildman–Crippen MR) is 27.5 cm³/mol. The molecule has 2 heteroatoms. The smallest absolute Gasteiger partial charge is 0.0991 e. The van der Waals surface area contributed by atoms with Crippen LogP contribution in [0.4, 0.5) is 0 Å². The van der Waals surface area contributed by atoms with Crippen molar-refractivity contribution in [3.05, 3.63) is 0 Å².